The summed E-state index contributed by atoms with van der Waals surface area (Å²) in [5, 5.41) is 11.2. The molecule has 0 amide bonds. The van der Waals surface area contributed by atoms with Crippen LogP contribution in [-0.4, -0.2) is 14.5 Å². The minimum Gasteiger partial charge on any atom is -0.434 e. The first-order chi connectivity index (χ1) is 9.60. The van der Waals surface area contributed by atoms with Crippen LogP contribution in [0.5, 0.6) is 11.6 Å². The van der Waals surface area contributed by atoms with Crippen molar-refractivity contribution in [3.05, 3.63) is 45.5 Å². The van der Waals surface area contributed by atoms with E-state index < -0.39 is 11.6 Å². The molecule has 3 rings (SSSR count). The number of fused-ring (bicyclic) bond motifs is 1. The van der Waals surface area contributed by atoms with Gasteiger partial charge in [0.25, 0.3) is 0 Å². The van der Waals surface area contributed by atoms with Gasteiger partial charge >= 0.3 is 0 Å². The predicted molar refractivity (Wildman–Crippen MR) is 73.1 cm³/mol. The highest BCUT2D eigenvalue weighted by Crippen LogP contribution is 2.32. The van der Waals surface area contributed by atoms with Gasteiger partial charge < -0.3 is 9.84 Å². The predicted octanol–water partition coefficient (Wildman–Crippen LogP) is 3.72. The Labute approximate surface area is 124 Å². The van der Waals surface area contributed by atoms with Gasteiger partial charge in [0.15, 0.2) is 16.5 Å². The molecule has 20 heavy (non-hydrogen) atoms. The fourth-order valence-electron chi connectivity index (χ4n) is 1.75. The lowest BCUT2D eigenvalue weighted by Crippen LogP contribution is -1.96. The van der Waals surface area contributed by atoms with Gasteiger partial charge in [0.1, 0.15) is 5.69 Å². The summed E-state index contributed by atoms with van der Waals surface area (Å²) in [7, 11) is 0. The molecular formula is C12H7BrF2N2O2S. The molecule has 0 fully saturated rings. The van der Waals surface area contributed by atoms with Gasteiger partial charge in [-0.05, 0) is 12.1 Å². The molecule has 1 N–H and O–H groups in total. The fraction of sp³-hybridized carbons (Fsp3) is 0.0833. The van der Waals surface area contributed by atoms with E-state index in [0.717, 1.165) is 6.07 Å². The molecule has 104 valence electrons. The SMILES string of the molecule is OCc1c(Oc2cc(Br)cc(F)c2F)nc2sccn12. The number of hydrogen-bond donors (Lipinski definition) is 1. The Kier molecular flexibility index (Phi) is 3.45. The van der Waals surface area contributed by atoms with Gasteiger partial charge in [-0.15, -0.1) is 11.3 Å². The number of halogens is 3. The maximum atomic E-state index is 13.7. The molecule has 2 aromatic heterocycles. The Morgan fingerprint density at radius 1 is 1.40 bits per heavy atom. The van der Waals surface area contributed by atoms with E-state index in [0.29, 0.717) is 15.1 Å². The average molecular weight is 361 g/mol. The van der Waals surface area contributed by atoms with Crippen molar-refractivity contribution in [1.29, 1.82) is 0 Å². The number of imidazole rings is 1. The van der Waals surface area contributed by atoms with E-state index in [-0.39, 0.29) is 18.2 Å². The van der Waals surface area contributed by atoms with Crippen LogP contribution in [0.4, 0.5) is 8.78 Å². The number of benzene rings is 1. The number of nitrogens with zero attached hydrogens (tertiary/aromatic N) is 2. The molecule has 0 aliphatic heterocycles. The maximum Gasteiger partial charge on any atom is 0.244 e. The van der Waals surface area contributed by atoms with Gasteiger partial charge in [-0.25, -0.2) is 4.39 Å². The zero-order valence-electron chi connectivity index (χ0n) is 9.81. The summed E-state index contributed by atoms with van der Waals surface area (Å²) in [5.74, 6) is -2.37. The van der Waals surface area contributed by atoms with Gasteiger partial charge in [-0.2, -0.15) is 9.37 Å². The van der Waals surface area contributed by atoms with E-state index >= 15 is 0 Å². The van der Waals surface area contributed by atoms with Crippen LogP contribution in [0.15, 0.2) is 28.2 Å². The van der Waals surface area contributed by atoms with Crippen LogP contribution in [0.3, 0.4) is 0 Å². The Hall–Kier alpha value is -1.51. The van der Waals surface area contributed by atoms with Crippen LogP contribution >= 0.6 is 27.3 Å². The molecule has 0 aliphatic carbocycles. The number of thiazole rings is 1. The normalized spacial score (nSPS) is 11.2. The van der Waals surface area contributed by atoms with Crippen molar-refractivity contribution >= 4 is 32.2 Å². The van der Waals surface area contributed by atoms with Gasteiger partial charge in [-0.1, -0.05) is 15.9 Å². The van der Waals surface area contributed by atoms with Gasteiger partial charge in [0.05, 0.1) is 6.61 Å². The third kappa shape index (κ3) is 2.19. The first-order valence-corrected chi connectivity index (χ1v) is 7.15. The van der Waals surface area contributed by atoms with E-state index in [4.69, 9.17) is 4.74 Å². The topological polar surface area (TPSA) is 46.8 Å². The number of aromatic nitrogens is 2. The number of aliphatic hydroxyl groups is 1. The molecule has 0 unspecified atom stereocenters. The standard InChI is InChI=1S/C12H7BrF2N2O2S/c13-6-3-7(14)10(15)9(4-6)19-11-8(5-18)17-1-2-20-12(17)16-11/h1-4,18H,5H2. The highest BCUT2D eigenvalue weighted by atomic mass is 79.9. The van der Waals surface area contributed by atoms with Crippen LogP contribution in [-0.2, 0) is 6.61 Å². The highest BCUT2D eigenvalue weighted by Gasteiger charge is 2.18. The first-order valence-electron chi connectivity index (χ1n) is 5.48. The maximum absolute atomic E-state index is 13.7. The minimum atomic E-state index is -1.10. The minimum absolute atomic E-state index is 0.0516. The summed E-state index contributed by atoms with van der Waals surface area (Å²) >= 11 is 4.41. The van der Waals surface area contributed by atoms with Gasteiger partial charge in [-0.3, -0.25) is 4.40 Å². The molecule has 0 atom stereocenters. The van der Waals surface area contributed by atoms with E-state index in [1.54, 1.807) is 16.0 Å². The molecule has 0 saturated carbocycles. The van der Waals surface area contributed by atoms with Crippen LogP contribution in [0.2, 0.25) is 0 Å². The summed E-state index contributed by atoms with van der Waals surface area (Å²) in [4.78, 5) is 4.73. The summed E-state index contributed by atoms with van der Waals surface area (Å²) in [6.07, 6.45) is 1.71. The van der Waals surface area contributed by atoms with Crippen molar-refractivity contribution in [2.45, 2.75) is 6.61 Å². The molecule has 4 nitrogen and oxygen atoms in total. The highest BCUT2D eigenvalue weighted by molar-refractivity contribution is 9.10. The first kappa shape index (κ1) is 13.5. The molecule has 2 heterocycles. The fourth-order valence-corrected chi connectivity index (χ4v) is 2.88. The third-order valence-corrected chi connectivity index (χ3v) is 3.85. The van der Waals surface area contributed by atoms with Crippen molar-refractivity contribution in [3.8, 4) is 11.6 Å². The lowest BCUT2D eigenvalue weighted by Gasteiger charge is -2.07. The summed E-state index contributed by atoms with van der Waals surface area (Å²) in [6, 6.07) is 2.30. The van der Waals surface area contributed by atoms with Crippen molar-refractivity contribution < 1.29 is 18.6 Å². The number of ether oxygens (including phenoxy) is 1. The zero-order valence-corrected chi connectivity index (χ0v) is 12.2. The molecule has 0 spiro atoms. The van der Waals surface area contributed by atoms with E-state index in [2.05, 4.69) is 20.9 Å². The Morgan fingerprint density at radius 2 is 2.20 bits per heavy atom. The van der Waals surface area contributed by atoms with Crippen molar-refractivity contribution in [1.82, 2.24) is 9.38 Å². The van der Waals surface area contributed by atoms with E-state index in [1.807, 2.05) is 0 Å². The average Bonchev–Trinajstić information content (AvgIpc) is 2.95. The molecule has 0 radical (unpaired) electrons. The Morgan fingerprint density at radius 3 is 2.95 bits per heavy atom. The van der Waals surface area contributed by atoms with Crippen LogP contribution < -0.4 is 4.74 Å². The molecular weight excluding hydrogens is 354 g/mol. The zero-order chi connectivity index (χ0) is 14.3. The number of hydrogen-bond acceptors (Lipinski definition) is 4. The smallest absolute Gasteiger partial charge is 0.244 e. The summed E-state index contributed by atoms with van der Waals surface area (Å²) in [5.41, 5.74) is 0.376. The Bertz CT molecular complexity index is 787. The summed E-state index contributed by atoms with van der Waals surface area (Å²) < 4.78 is 34.3. The van der Waals surface area contributed by atoms with Crippen molar-refractivity contribution in [2.75, 3.05) is 0 Å². The van der Waals surface area contributed by atoms with E-state index in [1.165, 1.54) is 17.4 Å². The van der Waals surface area contributed by atoms with Crippen molar-refractivity contribution in [3.63, 3.8) is 0 Å². The molecule has 0 saturated heterocycles. The van der Waals surface area contributed by atoms with Crippen LogP contribution in [0, 0.1) is 11.6 Å². The molecule has 8 heteroatoms. The molecule has 0 aliphatic rings. The summed E-state index contributed by atoms with van der Waals surface area (Å²) in [6.45, 7) is -0.328. The number of aliphatic hydroxyl groups excluding tert-OH is 1. The molecule has 1 aromatic carbocycles. The Balaban J connectivity index is 2.07. The molecule has 3 aromatic rings. The van der Waals surface area contributed by atoms with Gasteiger partial charge in [0, 0.05) is 16.0 Å². The monoisotopic (exact) mass is 360 g/mol. The van der Waals surface area contributed by atoms with Crippen LogP contribution in [0.25, 0.3) is 4.96 Å². The third-order valence-electron chi connectivity index (χ3n) is 2.64. The lowest BCUT2D eigenvalue weighted by molar-refractivity contribution is 0.269. The van der Waals surface area contributed by atoms with Crippen molar-refractivity contribution in [2.24, 2.45) is 0 Å². The van der Waals surface area contributed by atoms with Gasteiger partial charge in [0.2, 0.25) is 11.7 Å². The van der Waals surface area contributed by atoms with E-state index in [9.17, 15) is 13.9 Å². The molecule has 0 bridgehead atoms. The quantitative estimate of drug-likeness (QED) is 0.724. The second-order valence-corrected chi connectivity index (χ2v) is 5.67. The lowest BCUT2D eigenvalue weighted by atomic mass is 10.3. The second-order valence-electron chi connectivity index (χ2n) is 3.88. The number of rotatable bonds is 3. The van der Waals surface area contributed by atoms with Crippen LogP contribution in [0.1, 0.15) is 5.69 Å². The largest absolute Gasteiger partial charge is 0.434 e. The second kappa shape index (κ2) is 5.12.